The van der Waals surface area contributed by atoms with Gasteiger partial charge < -0.3 is 15.6 Å². The maximum absolute atomic E-state index is 5.16. The van der Waals surface area contributed by atoms with Gasteiger partial charge in [0.25, 0.3) is 0 Å². The van der Waals surface area contributed by atoms with Crippen LogP contribution < -0.4 is 16.6 Å². The Balaban J connectivity index is 2.39. The van der Waals surface area contributed by atoms with E-state index < -0.39 is 0 Å². The van der Waals surface area contributed by atoms with Gasteiger partial charge in [-0.15, -0.1) is 0 Å². The van der Waals surface area contributed by atoms with Crippen LogP contribution in [0.25, 0.3) is 0 Å². The molecule has 1 aliphatic rings. The molecule has 0 bridgehead atoms. The maximum Gasteiger partial charge on any atom is 0.180 e. The summed E-state index contributed by atoms with van der Waals surface area (Å²) in [7, 11) is 0. The predicted molar refractivity (Wildman–Crippen MR) is 62.4 cm³/mol. The lowest BCUT2D eigenvalue weighted by molar-refractivity contribution is 0.330. The molecule has 0 saturated heterocycles. The minimum absolute atomic E-state index is 0.344. The number of thiocarbonyl (C=S) groups is 1. The van der Waals surface area contributed by atoms with Crippen molar-refractivity contribution < 1.29 is 0 Å². The second-order valence-corrected chi connectivity index (χ2v) is 3.39. The zero-order chi connectivity index (χ0) is 10.4. The second-order valence-electron chi connectivity index (χ2n) is 2.98. The van der Waals surface area contributed by atoms with Crippen LogP contribution in [-0.2, 0) is 0 Å². The van der Waals surface area contributed by atoms with Gasteiger partial charge in [-0.05, 0) is 31.4 Å². The Kier molecular flexibility index (Phi) is 4.42. The molecule has 0 saturated carbocycles. The van der Waals surface area contributed by atoms with E-state index in [4.69, 9.17) is 18.1 Å². The van der Waals surface area contributed by atoms with Crippen molar-refractivity contribution in [2.24, 2.45) is 5.84 Å². The zero-order valence-corrected chi connectivity index (χ0v) is 9.05. The molecule has 1 atom stereocenters. The quantitative estimate of drug-likeness (QED) is 0.352. The van der Waals surface area contributed by atoms with Crippen LogP contribution in [0.5, 0.6) is 0 Å². The third-order valence-electron chi connectivity index (χ3n) is 2.12. The Bertz CT molecular complexity index is 249. The number of rotatable bonds is 3. The first-order valence-corrected chi connectivity index (χ1v) is 5.04. The standard InChI is InChI=1S/C9H16N4S/c1-2-13-6-4-3-5-8(13)7-11-9(14)12-10/h3-6,8H,2,7,10H2,1H3,(H2,11,12,14). The van der Waals surface area contributed by atoms with E-state index in [-0.39, 0.29) is 0 Å². The molecule has 4 N–H and O–H groups in total. The molecule has 0 aromatic carbocycles. The molecule has 1 heterocycles. The van der Waals surface area contributed by atoms with E-state index >= 15 is 0 Å². The summed E-state index contributed by atoms with van der Waals surface area (Å²) in [5, 5.41) is 3.51. The first-order valence-electron chi connectivity index (χ1n) is 4.63. The summed E-state index contributed by atoms with van der Waals surface area (Å²) in [6, 6.07) is 0.344. The fourth-order valence-electron chi connectivity index (χ4n) is 1.35. The van der Waals surface area contributed by atoms with Crippen molar-refractivity contribution in [1.29, 1.82) is 0 Å². The first kappa shape index (κ1) is 11.0. The van der Waals surface area contributed by atoms with Crippen LogP contribution in [-0.4, -0.2) is 29.1 Å². The fraction of sp³-hybridized carbons (Fsp3) is 0.444. The number of hydrazine groups is 1. The van der Waals surface area contributed by atoms with Gasteiger partial charge in [-0.1, -0.05) is 12.2 Å². The van der Waals surface area contributed by atoms with Gasteiger partial charge in [0.2, 0.25) is 0 Å². The van der Waals surface area contributed by atoms with Crippen LogP contribution in [0.3, 0.4) is 0 Å². The fourth-order valence-corrected chi connectivity index (χ4v) is 1.43. The van der Waals surface area contributed by atoms with Crippen molar-refractivity contribution in [3.05, 3.63) is 24.4 Å². The van der Waals surface area contributed by atoms with Crippen LogP contribution in [0, 0.1) is 0 Å². The average molecular weight is 212 g/mol. The Hall–Kier alpha value is -1.07. The summed E-state index contributed by atoms with van der Waals surface area (Å²) in [6.07, 6.45) is 8.28. The van der Waals surface area contributed by atoms with Crippen molar-refractivity contribution in [2.45, 2.75) is 13.0 Å². The van der Waals surface area contributed by atoms with E-state index in [1.54, 1.807) is 0 Å². The molecule has 1 rings (SSSR count). The number of likely N-dealkylation sites (N-methyl/N-ethyl adjacent to an activating group) is 1. The van der Waals surface area contributed by atoms with Gasteiger partial charge in [0, 0.05) is 13.1 Å². The average Bonchev–Trinajstić information content (AvgIpc) is 2.26. The van der Waals surface area contributed by atoms with Gasteiger partial charge in [0.15, 0.2) is 5.11 Å². The third kappa shape index (κ3) is 3.01. The number of hydrogen-bond acceptors (Lipinski definition) is 3. The van der Waals surface area contributed by atoms with Crippen molar-refractivity contribution in [2.75, 3.05) is 13.1 Å². The number of allylic oxidation sites excluding steroid dienone is 2. The van der Waals surface area contributed by atoms with Gasteiger partial charge in [0.1, 0.15) is 0 Å². The summed E-state index contributed by atoms with van der Waals surface area (Å²) >= 11 is 4.89. The molecular formula is C9H16N4S. The Morgan fingerprint density at radius 3 is 3.00 bits per heavy atom. The van der Waals surface area contributed by atoms with Crippen molar-refractivity contribution >= 4 is 17.3 Å². The molecule has 0 aliphatic carbocycles. The summed E-state index contributed by atoms with van der Waals surface area (Å²) < 4.78 is 0. The summed E-state index contributed by atoms with van der Waals surface area (Å²) in [6.45, 7) is 3.86. The lowest BCUT2D eigenvalue weighted by Gasteiger charge is -2.29. The normalized spacial score (nSPS) is 19.6. The SMILES string of the molecule is CCN1C=CC=CC1CNC(=S)NN. The van der Waals surface area contributed by atoms with Gasteiger partial charge in [0.05, 0.1) is 6.04 Å². The third-order valence-corrected chi connectivity index (χ3v) is 2.38. The highest BCUT2D eigenvalue weighted by atomic mass is 32.1. The first-order chi connectivity index (χ1) is 6.77. The Labute approximate surface area is 89.8 Å². The largest absolute Gasteiger partial charge is 0.369 e. The maximum atomic E-state index is 5.16. The van der Waals surface area contributed by atoms with E-state index in [9.17, 15) is 0 Å². The van der Waals surface area contributed by atoms with Crippen LogP contribution in [0.1, 0.15) is 6.92 Å². The molecule has 78 valence electrons. The minimum atomic E-state index is 0.344. The van der Waals surface area contributed by atoms with Crippen LogP contribution >= 0.6 is 12.2 Å². The van der Waals surface area contributed by atoms with Gasteiger partial charge in [-0.25, -0.2) is 5.84 Å². The molecule has 14 heavy (non-hydrogen) atoms. The van der Waals surface area contributed by atoms with Gasteiger partial charge >= 0.3 is 0 Å². The number of nitrogens with two attached hydrogens (primary N) is 1. The highest BCUT2D eigenvalue weighted by Gasteiger charge is 2.12. The lowest BCUT2D eigenvalue weighted by Crippen LogP contribution is -2.46. The van der Waals surface area contributed by atoms with Crippen LogP contribution in [0.2, 0.25) is 0 Å². The van der Waals surface area contributed by atoms with E-state index in [1.807, 2.05) is 12.2 Å². The number of nitrogens with one attached hydrogen (secondary N) is 2. The molecular weight excluding hydrogens is 196 g/mol. The molecule has 1 aliphatic heterocycles. The summed E-state index contributed by atoms with van der Waals surface area (Å²) in [5.74, 6) is 5.16. The molecule has 1 unspecified atom stereocenters. The molecule has 0 aromatic heterocycles. The predicted octanol–water partition coefficient (Wildman–Crippen LogP) is 0.0982. The van der Waals surface area contributed by atoms with Crippen molar-refractivity contribution in [3.8, 4) is 0 Å². The molecule has 0 radical (unpaired) electrons. The van der Waals surface area contributed by atoms with Crippen LogP contribution in [0.4, 0.5) is 0 Å². The highest BCUT2D eigenvalue weighted by Crippen LogP contribution is 2.06. The molecule has 0 spiro atoms. The summed E-state index contributed by atoms with van der Waals surface area (Å²) in [4.78, 5) is 2.23. The monoisotopic (exact) mass is 212 g/mol. The molecule has 5 heteroatoms. The number of hydrogen-bond donors (Lipinski definition) is 3. The highest BCUT2D eigenvalue weighted by molar-refractivity contribution is 7.80. The molecule has 0 amide bonds. The molecule has 4 nitrogen and oxygen atoms in total. The number of nitrogens with zero attached hydrogens (tertiary/aromatic N) is 1. The van der Waals surface area contributed by atoms with E-state index in [0.29, 0.717) is 11.2 Å². The van der Waals surface area contributed by atoms with E-state index in [0.717, 1.165) is 13.1 Å². The Morgan fingerprint density at radius 1 is 1.57 bits per heavy atom. The minimum Gasteiger partial charge on any atom is -0.369 e. The summed E-state index contributed by atoms with van der Waals surface area (Å²) in [5.41, 5.74) is 2.40. The van der Waals surface area contributed by atoms with E-state index in [1.165, 1.54) is 0 Å². The molecule has 0 aromatic rings. The van der Waals surface area contributed by atoms with E-state index in [2.05, 4.69) is 34.8 Å². The second kappa shape index (κ2) is 5.62. The lowest BCUT2D eigenvalue weighted by atomic mass is 10.2. The van der Waals surface area contributed by atoms with Gasteiger partial charge in [-0.2, -0.15) is 0 Å². The Morgan fingerprint density at radius 2 is 2.36 bits per heavy atom. The van der Waals surface area contributed by atoms with Crippen LogP contribution in [0.15, 0.2) is 24.4 Å². The smallest absolute Gasteiger partial charge is 0.180 e. The topological polar surface area (TPSA) is 53.3 Å². The molecule has 0 fully saturated rings. The van der Waals surface area contributed by atoms with Crippen molar-refractivity contribution in [3.63, 3.8) is 0 Å². The zero-order valence-electron chi connectivity index (χ0n) is 8.23. The van der Waals surface area contributed by atoms with Crippen molar-refractivity contribution in [1.82, 2.24) is 15.6 Å². The van der Waals surface area contributed by atoms with Gasteiger partial charge in [-0.3, -0.25) is 0 Å².